The van der Waals surface area contributed by atoms with Crippen LogP contribution in [0.15, 0.2) is 98.1 Å². The first-order chi connectivity index (χ1) is 21.4. The van der Waals surface area contributed by atoms with Gasteiger partial charge < -0.3 is 19.8 Å². The van der Waals surface area contributed by atoms with E-state index in [2.05, 4.69) is 20.1 Å². The SMILES string of the molecule is C=CCN(C(=O)C1N(CCCO)C(=O)[C@@H]2[C@H](C(=O)N(CC=C)c3ccccc3)[C@@H]3CC(C)C12S3)c1ccc2ccccc2c1. The molecule has 3 amide bonds. The number of thioether (sulfide) groups is 1. The van der Waals surface area contributed by atoms with Crippen LogP contribution in [0.5, 0.6) is 0 Å². The van der Waals surface area contributed by atoms with Gasteiger partial charge >= 0.3 is 0 Å². The summed E-state index contributed by atoms with van der Waals surface area (Å²) in [5, 5.41) is 11.8. The van der Waals surface area contributed by atoms with Gasteiger partial charge in [-0.05, 0) is 53.8 Å². The molecular weight excluding hydrogens is 570 g/mol. The minimum atomic E-state index is -0.773. The number of fused-ring (bicyclic) bond motifs is 2. The zero-order valence-corrected chi connectivity index (χ0v) is 25.9. The van der Waals surface area contributed by atoms with E-state index in [0.717, 1.165) is 28.6 Å². The van der Waals surface area contributed by atoms with Gasteiger partial charge in [0.15, 0.2) is 0 Å². The van der Waals surface area contributed by atoms with Crippen LogP contribution in [-0.4, -0.2) is 70.0 Å². The van der Waals surface area contributed by atoms with E-state index < -0.39 is 22.6 Å². The molecule has 7 nitrogen and oxygen atoms in total. The van der Waals surface area contributed by atoms with Crippen LogP contribution in [0.3, 0.4) is 0 Å². The van der Waals surface area contributed by atoms with Gasteiger partial charge in [-0.3, -0.25) is 14.4 Å². The van der Waals surface area contributed by atoms with Gasteiger partial charge in [0, 0.05) is 42.9 Å². The predicted molar refractivity (Wildman–Crippen MR) is 178 cm³/mol. The van der Waals surface area contributed by atoms with E-state index in [-0.39, 0.29) is 48.6 Å². The molecule has 1 N–H and O–H groups in total. The second-order valence-electron chi connectivity index (χ2n) is 12.0. The fourth-order valence-electron chi connectivity index (χ4n) is 7.75. The van der Waals surface area contributed by atoms with Crippen LogP contribution in [0, 0.1) is 17.8 Å². The zero-order valence-electron chi connectivity index (χ0n) is 25.0. The van der Waals surface area contributed by atoms with Gasteiger partial charge in [0.05, 0.1) is 16.6 Å². The molecule has 3 unspecified atom stereocenters. The normalized spacial score (nSPS) is 26.9. The minimum Gasteiger partial charge on any atom is -0.396 e. The summed E-state index contributed by atoms with van der Waals surface area (Å²) in [5.41, 5.74) is 1.50. The average molecular weight is 610 g/mol. The quantitative estimate of drug-likeness (QED) is 0.299. The molecule has 3 aromatic rings. The summed E-state index contributed by atoms with van der Waals surface area (Å²) in [5.74, 6) is -1.61. The molecule has 0 saturated carbocycles. The summed E-state index contributed by atoms with van der Waals surface area (Å²) in [6.45, 7) is 10.7. The second kappa shape index (κ2) is 12.3. The Labute approximate surface area is 263 Å². The predicted octanol–water partition coefficient (Wildman–Crippen LogP) is 5.30. The van der Waals surface area contributed by atoms with Crippen LogP contribution >= 0.6 is 11.8 Å². The Hall–Kier alpha value is -3.88. The zero-order chi connectivity index (χ0) is 31.0. The Morgan fingerprint density at radius 3 is 2.30 bits per heavy atom. The molecule has 0 aliphatic carbocycles. The Bertz CT molecular complexity index is 1590. The van der Waals surface area contributed by atoms with Crippen LogP contribution in [0.4, 0.5) is 11.4 Å². The first-order valence-corrected chi connectivity index (χ1v) is 16.2. The van der Waals surface area contributed by atoms with Crippen molar-refractivity contribution in [2.45, 2.75) is 35.8 Å². The molecule has 3 aliphatic heterocycles. The molecule has 0 radical (unpaired) electrons. The molecule has 228 valence electrons. The molecule has 8 heteroatoms. The van der Waals surface area contributed by atoms with E-state index in [0.29, 0.717) is 13.0 Å². The van der Waals surface area contributed by atoms with Crippen LogP contribution in [0.2, 0.25) is 0 Å². The molecule has 3 aliphatic rings. The molecule has 3 aromatic carbocycles. The second-order valence-corrected chi connectivity index (χ2v) is 13.6. The lowest BCUT2D eigenvalue weighted by molar-refractivity contribution is -0.139. The maximum Gasteiger partial charge on any atom is 0.251 e. The van der Waals surface area contributed by atoms with E-state index in [4.69, 9.17) is 0 Å². The number of aliphatic hydroxyl groups excluding tert-OH is 1. The molecule has 6 atom stereocenters. The van der Waals surface area contributed by atoms with Gasteiger partial charge in [0.25, 0.3) is 5.91 Å². The van der Waals surface area contributed by atoms with E-state index in [1.165, 1.54) is 0 Å². The van der Waals surface area contributed by atoms with Crippen molar-refractivity contribution in [3.63, 3.8) is 0 Å². The highest BCUT2D eigenvalue weighted by Gasteiger charge is 2.76. The van der Waals surface area contributed by atoms with Crippen molar-refractivity contribution in [1.82, 2.24) is 4.90 Å². The third-order valence-corrected chi connectivity index (χ3v) is 11.7. The number of hydrogen-bond acceptors (Lipinski definition) is 5. The van der Waals surface area contributed by atoms with Crippen molar-refractivity contribution in [3.05, 3.63) is 98.1 Å². The average Bonchev–Trinajstić information content (AvgIpc) is 3.64. The molecule has 3 saturated heterocycles. The summed E-state index contributed by atoms with van der Waals surface area (Å²) in [7, 11) is 0. The third-order valence-electron chi connectivity index (χ3n) is 9.59. The number of likely N-dealkylation sites (tertiary alicyclic amines) is 1. The van der Waals surface area contributed by atoms with E-state index in [9.17, 15) is 19.5 Å². The van der Waals surface area contributed by atoms with Gasteiger partial charge in [-0.25, -0.2) is 0 Å². The smallest absolute Gasteiger partial charge is 0.251 e. The van der Waals surface area contributed by atoms with Crippen molar-refractivity contribution >= 4 is 51.6 Å². The molecule has 6 rings (SSSR count). The van der Waals surface area contributed by atoms with Crippen LogP contribution in [-0.2, 0) is 14.4 Å². The first-order valence-electron chi connectivity index (χ1n) is 15.3. The van der Waals surface area contributed by atoms with Gasteiger partial charge in [0.2, 0.25) is 11.8 Å². The van der Waals surface area contributed by atoms with Gasteiger partial charge in [-0.15, -0.1) is 24.9 Å². The van der Waals surface area contributed by atoms with Gasteiger partial charge in [-0.1, -0.05) is 67.6 Å². The summed E-state index contributed by atoms with van der Waals surface area (Å²) in [6.07, 6.45) is 4.51. The number of nitrogens with zero attached hydrogens (tertiary/aromatic N) is 3. The van der Waals surface area contributed by atoms with Crippen molar-refractivity contribution in [3.8, 4) is 0 Å². The van der Waals surface area contributed by atoms with E-state index in [1.807, 2.05) is 72.8 Å². The van der Waals surface area contributed by atoms with E-state index >= 15 is 0 Å². The first kappa shape index (κ1) is 30.2. The lowest BCUT2D eigenvalue weighted by Crippen LogP contribution is -2.57. The van der Waals surface area contributed by atoms with Crippen molar-refractivity contribution in [2.24, 2.45) is 17.8 Å². The highest BCUT2D eigenvalue weighted by molar-refractivity contribution is 8.02. The number of carbonyl (C=O) groups is 3. The monoisotopic (exact) mass is 609 g/mol. The molecular formula is C36H39N3O4S. The lowest BCUT2D eigenvalue weighted by atomic mass is 9.65. The van der Waals surface area contributed by atoms with E-state index in [1.54, 1.807) is 38.6 Å². The fraction of sp³-hybridized carbons (Fsp3) is 0.361. The number of rotatable bonds is 11. The van der Waals surface area contributed by atoms with Crippen LogP contribution < -0.4 is 9.80 Å². The Morgan fingerprint density at radius 1 is 0.955 bits per heavy atom. The Kier molecular flexibility index (Phi) is 8.40. The standard InChI is InChI=1S/C36H39N3O4S/c1-4-18-37(27-14-7-6-8-15-27)33(41)30-29-22-24(3)36(44-29)31(30)34(42)39(20-11-21-40)32(36)35(43)38(19-5-2)28-17-16-25-12-9-10-13-26(25)23-28/h4-10,12-17,23-24,29-32,40H,1-2,11,18-22H2,3H3/t24?,29-,30+,31-,32?,36?/m0/s1. The summed E-state index contributed by atoms with van der Waals surface area (Å²) < 4.78 is -0.762. The number of amides is 3. The molecule has 1 spiro atoms. The summed E-state index contributed by atoms with van der Waals surface area (Å²) >= 11 is 1.66. The minimum absolute atomic E-state index is 0.0374. The van der Waals surface area contributed by atoms with Crippen molar-refractivity contribution in [1.29, 1.82) is 0 Å². The summed E-state index contributed by atoms with van der Waals surface area (Å²) in [4.78, 5) is 49.0. The van der Waals surface area contributed by atoms with Gasteiger partial charge in [-0.2, -0.15) is 0 Å². The maximum atomic E-state index is 14.9. The largest absolute Gasteiger partial charge is 0.396 e. The number of anilines is 2. The number of carbonyl (C=O) groups excluding carboxylic acids is 3. The van der Waals surface area contributed by atoms with Crippen molar-refractivity contribution in [2.75, 3.05) is 36.0 Å². The number of aliphatic hydroxyl groups is 1. The van der Waals surface area contributed by atoms with Crippen LogP contribution in [0.1, 0.15) is 19.8 Å². The summed E-state index contributed by atoms with van der Waals surface area (Å²) in [6, 6.07) is 22.7. The molecule has 2 bridgehead atoms. The number of hydrogen-bond donors (Lipinski definition) is 1. The maximum absolute atomic E-state index is 14.9. The topological polar surface area (TPSA) is 81.2 Å². The third kappa shape index (κ3) is 4.75. The molecule has 3 fully saturated rings. The highest BCUT2D eigenvalue weighted by atomic mass is 32.2. The highest BCUT2D eigenvalue weighted by Crippen LogP contribution is 2.69. The number of para-hydroxylation sites is 1. The van der Waals surface area contributed by atoms with Crippen LogP contribution in [0.25, 0.3) is 10.8 Å². The van der Waals surface area contributed by atoms with Crippen molar-refractivity contribution < 1.29 is 19.5 Å². The fourth-order valence-corrected chi connectivity index (χ4v) is 10.2. The Morgan fingerprint density at radius 2 is 1.61 bits per heavy atom. The Balaban J connectivity index is 1.42. The molecule has 44 heavy (non-hydrogen) atoms. The molecule has 3 heterocycles. The molecule has 0 aromatic heterocycles. The van der Waals surface area contributed by atoms with Gasteiger partial charge in [0.1, 0.15) is 6.04 Å². The lowest BCUT2D eigenvalue weighted by Gasteiger charge is -2.41. The number of benzene rings is 3.